The van der Waals surface area contributed by atoms with Crippen molar-refractivity contribution >= 4 is 15.7 Å². The van der Waals surface area contributed by atoms with Crippen LogP contribution in [-0.4, -0.2) is 27.3 Å². The molecule has 1 aliphatic heterocycles. The highest BCUT2D eigenvalue weighted by molar-refractivity contribution is 7.89. The van der Waals surface area contributed by atoms with Gasteiger partial charge in [-0.1, -0.05) is 6.07 Å². The molecule has 0 aliphatic carbocycles. The van der Waals surface area contributed by atoms with Crippen LogP contribution in [0.3, 0.4) is 0 Å². The van der Waals surface area contributed by atoms with Crippen molar-refractivity contribution in [2.75, 3.05) is 23.7 Å². The van der Waals surface area contributed by atoms with Crippen LogP contribution in [0.25, 0.3) is 0 Å². The summed E-state index contributed by atoms with van der Waals surface area (Å²) in [4.78, 5) is 1.86. The van der Waals surface area contributed by atoms with E-state index in [4.69, 9.17) is 10.4 Å². The third kappa shape index (κ3) is 3.46. The number of nitrogens with zero attached hydrogens (tertiary/aromatic N) is 2. The summed E-state index contributed by atoms with van der Waals surface area (Å²) in [5.74, 6) is -0.729. The maximum atomic E-state index is 13.6. The van der Waals surface area contributed by atoms with Gasteiger partial charge in [0.05, 0.1) is 11.4 Å². The first-order valence-corrected chi connectivity index (χ1v) is 8.06. The Balaban J connectivity index is 2.22. The lowest BCUT2D eigenvalue weighted by Crippen LogP contribution is -2.39. The second kappa shape index (κ2) is 5.77. The second-order valence-electron chi connectivity index (χ2n) is 5.03. The zero-order chi connectivity index (χ0) is 14.8. The van der Waals surface area contributed by atoms with E-state index >= 15 is 0 Å². The molecule has 20 heavy (non-hydrogen) atoms. The largest absolute Gasteiger partial charge is 0.370 e. The summed E-state index contributed by atoms with van der Waals surface area (Å²) < 4.78 is 35.9. The number of sulfonamides is 1. The summed E-state index contributed by atoms with van der Waals surface area (Å²) in [5, 5.41) is 14.1. The van der Waals surface area contributed by atoms with Crippen molar-refractivity contribution in [1.29, 1.82) is 5.26 Å². The minimum Gasteiger partial charge on any atom is -0.370 e. The smallest absolute Gasteiger partial charge is 0.209 e. The molecule has 1 aromatic rings. The fourth-order valence-electron chi connectivity index (χ4n) is 2.64. The van der Waals surface area contributed by atoms with Gasteiger partial charge in [0.25, 0.3) is 0 Å². The van der Waals surface area contributed by atoms with Gasteiger partial charge in [0, 0.05) is 13.1 Å². The van der Waals surface area contributed by atoms with Crippen LogP contribution in [0.4, 0.5) is 10.1 Å². The Labute approximate surface area is 117 Å². The molecule has 108 valence electrons. The summed E-state index contributed by atoms with van der Waals surface area (Å²) in [5.41, 5.74) is 0.523. The number of piperidine rings is 1. The van der Waals surface area contributed by atoms with Crippen LogP contribution in [0, 0.1) is 23.1 Å². The molecule has 0 spiro atoms. The maximum Gasteiger partial charge on any atom is 0.209 e. The van der Waals surface area contributed by atoms with E-state index < -0.39 is 15.8 Å². The quantitative estimate of drug-likeness (QED) is 0.908. The predicted octanol–water partition coefficient (Wildman–Crippen LogP) is 1.20. The molecule has 0 bridgehead atoms. The summed E-state index contributed by atoms with van der Waals surface area (Å²) in [7, 11) is -3.52. The van der Waals surface area contributed by atoms with E-state index in [1.165, 1.54) is 6.07 Å². The van der Waals surface area contributed by atoms with Crippen molar-refractivity contribution in [3.8, 4) is 6.07 Å². The molecule has 1 fully saturated rings. The highest BCUT2D eigenvalue weighted by Gasteiger charge is 2.25. The molecule has 1 atom stereocenters. The van der Waals surface area contributed by atoms with E-state index in [1.807, 2.05) is 11.0 Å². The number of halogens is 1. The van der Waals surface area contributed by atoms with Crippen molar-refractivity contribution in [3.63, 3.8) is 0 Å². The molecule has 1 aliphatic rings. The second-order valence-corrected chi connectivity index (χ2v) is 6.69. The number of primary sulfonamides is 1. The van der Waals surface area contributed by atoms with Crippen LogP contribution in [0.2, 0.25) is 0 Å². The standard InChI is InChI=1S/C13H16FN3O2S/c14-12-4-1-5-13(11(12)7-15)17-6-2-3-10(8-17)9-20(16,18)19/h1,4-5,10H,2-3,6,8-9H2,(H2,16,18,19)/t10-/m1/s1. The fourth-order valence-corrected chi connectivity index (χ4v) is 3.56. The fraction of sp³-hybridized carbons (Fsp3) is 0.462. The van der Waals surface area contributed by atoms with Gasteiger partial charge >= 0.3 is 0 Å². The minimum absolute atomic E-state index is 0.00348. The zero-order valence-electron chi connectivity index (χ0n) is 10.9. The summed E-state index contributed by atoms with van der Waals surface area (Å²) in [6.07, 6.45) is 1.56. The normalized spacial score (nSPS) is 19.6. The first kappa shape index (κ1) is 14.8. The predicted molar refractivity (Wildman–Crippen MR) is 74.0 cm³/mol. The lowest BCUT2D eigenvalue weighted by atomic mass is 9.98. The molecule has 0 radical (unpaired) electrons. The monoisotopic (exact) mass is 297 g/mol. The maximum absolute atomic E-state index is 13.6. The lowest BCUT2D eigenvalue weighted by Gasteiger charge is -2.34. The molecule has 1 aromatic carbocycles. The van der Waals surface area contributed by atoms with Crippen LogP contribution in [0.15, 0.2) is 18.2 Å². The van der Waals surface area contributed by atoms with E-state index in [-0.39, 0.29) is 17.2 Å². The topological polar surface area (TPSA) is 87.2 Å². The lowest BCUT2D eigenvalue weighted by molar-refractivity contribution is 0.443. The third-order valence-electron chi connectivity index (χ3n) is 3.43. The first-order valence-electron chi connectivity index (χ1n) is 6.35. The SMILES string of the molecule is N#Cc1c(F)cccc1N1CCC[C@@H](CS(N)(=O)=O)C1. The van der Waals surface area contributed by atoms with Gasteiger partial charge in [-0.2, -0.15) is 5.26 Å². The van der Waals surface area contributed by atoms with Crippen LogP contribution < -0.4 is 10.0 Å². The van der Waals surface area contributed by atoms with E-state index in [1.54, 1.807) is 12.1 Å². The van der Waals surface area contributed by atoms with Crippen molar-refractivity contribution in [2.45, 2.75) is 12.8 Å². The van der Waals surface area contributed by atoms with Gasteiger partial charge in [0.2, 0.25) is 10.0 Å². The van der Waals surface area contributed by atoms with Gasteiger partial charge in [0.1, 0.15) is 17.4 Å². The van der Waals surface area contributed by atoms with Gasteiger partial charge < -0.3 is 4.90 Å². The Kier molecular flexibility index (Phi) is 4.26. The van der Waals surface area contributed by atoms with Gasteiger partial charge in [-0.05, 0) is 30.9 Å². The van der Waals surface area contributed by atoms with Gasteiger partial charge in [0.15, 0.2) is 0 Å². The highest BCUT2D eigenvalue weighted by atomic mass is 32.2. The Morgan fingerprint density at radius 3 is 2.90 bits per heavy atom. The van der Waals surface area contributed by atoms with E-state index in [0.29, 0.717) is 18.8 Å². The minimum atomic E-state index is -3.52. The number of nitriles is 1. The molecular formula is C13H16FN3O2S. The van der Waals surface area contributed by atoms with E-state index in [9.17, 15) is 12.8 Å². The molecule has 0 unspecified atom stereocenters. The van der Waals surface area contributed by atoms with Crippen molar-refractivity contribution in [2.24, 2.45) is 11.1 Å². The Hall–Kier alpha value is -1.65. The molecule has 0 saturated carbocycles. The van der Waals surface area contributed by atoms with Crippen LogP contribution in [0.5, 0.6) is 0 Å². The highest BCUT2D eigenvalue weighted by Crippen LogP contribution is 2.27. The molecule has 2 N–H and O–H groups in total. The van der Waals surface area contributed by atoms with Gasteiger partial charge in [-0.25, -0.2) is 17.9 Å². The first-order chi connectivity index (χ1) is 9.40. The average molecular weight is 297 g/mol. The average Bonchev–Trinajstić information content (AvgIpc) is 2.36. The number of rotatable bonds is 3. The summed E-state index contributed by atoms with van der Waals surface area (Å²) in [6.45, 7) is 1.15. The van der Waals surface area contributed by atoms with Gasteiger partial charge in [-0.15, -0.1) is 0 Å². The molecule has 1 heterocycles. The zero-order valence-corrected chi connectivity index (χ0v) is 11.7. The molecule has 1 saturated heterocycles. The van der Waals surface area contributed by atoms with Crippen LogP contribution in [-0.2, 0) is 10.0 Å². The molecule has 7 heteroatoms. The Morgan fingerprint density at radius 2 is 2.25 bits per heavy atom. The van der Waals surface area contributed by atoms with E-state index in [2.05, 4.69) is 0 Å². The van der Waals surface area contributed by atoms with Crippen molar-refractivity contribution < 1.29 is 12.8 Å². The van der Waals surface area contributed by atoms with Crippen molar-refractivity contribution in [3.05, 3.63) is 29.6 Å². The third-order valence-corrected chi connectivity index (χ3v) is 4.37. The number of hydrogen-bond acceptors (Lipinski definition) is 4. The number of hydrogen-bond donors (Lipinski definition) is 1. The molecule has 2 rings (SSSR count). The van der Waals surface area contributed by atoms with Crippen molar-refractivity contribution in [1.82, 2.24) is 0 Å². The Morgan fingerprint density at radius 1 is 1.50 bits per heavy atom. The van der Waals surface area contributed by atoms with Crippen LogP contribution >= 0.6 is 0 Å². The van der Waals surface area contributed by atoms with E-state index in [0.717, 1.165) is 12.8 Å². The Bertz CT molecular complexity index is 640. The number of anilines is 1. The summed E-state index contributed by atoms with van der Waals surface area (Å²) in [6, 6.07) is 6.34. The van der Waals surface area contributed by atoms with Crippen LogP contribution in [0.1, 0.15) is 18.4 Å². The molecular weight excluding hydrogens is 281 g/mol. The number of nitrogens with two attached hydrogens (primary N) is 1. The molecule has 5 nitrogen and oxygen atoms in total. The molecule has 0 aromatic heterocycles. The van der Waals surface area contributed by atoms with Gasteiger partial charge in [-0.3, -0.25) is 0 Å². The number of benzene rings is 1. The molecule has 0 amide bonds. The summed E-state index contributed by atoms with van der Waals surface area (Å²) >= 11 is 0.